The van der Waals surface area contributed by atoms with Crippen LogP contribution in [0.3, 0.4) is 0 Å². The van der Waals surface area contributed by atoms with Gasteiger partial charge in [0.05, 0.1) is 17.1 Å². The first-order valence-electron chi connectivity index (χ1n) is 6.40. The molecule has 0 spiro atoms. The molecule has 0 fully saturated rings. The SMILES string of the molecule is COCCc1ccc(C(N)c2ccc(F)c(Br)c2)cc1. The Labute approximate surface area is 126 Å². The topological polar surface area (TPSA) is 35.2 Å². The van der Waals surface area contributed by atoms with Crippen LogP contribution in [-0.4, -0.2) is 13.7 Å². The third-order valence-corrected chi connectivity index (χ3v) is 3.84. The van der Waals surface area contributed by atoms with Crippen LogP contribution in [0.2, 0.25) is 0 Å². The molecule has 0 radical (unpaired) electrons. The number of nitrogens with two attached hydrogens (primary N) is 1. The maximum atomic E-state index is 13.2. The van der Waals surface area contributed by atoms with E-state index in [4.69, 9.17) is 10.5 Å². The fourth-order valence-corrected chi connectivity index (χ4v) is 2.41. The molecule has 2 aromatic carbocycles. The van der Waals surface area contributed by atoms with Crippen LogP contribution in [0, 0.1) is 5.82 Å². The second-order valence-corrected chi connectivity index (χ2v) is 5.49. The second kappa shape index (κ2) is 6.97. The van der Waals surface area contributed by atoms with Crippen LogP contribution in [-0.2, 0) is 11.2 Å². The molecule has 0 saturated heterocycles. The van der Waals surface area contributed by atoms with Gasteiger partial charge in [-0.3, -0.25) is 0 Å². The van der Waals surface area contributed by atoms with Crippen LogP contribution in [0.5, 0.6) is 0 Å². The number of ether oxygens (including phenoxy) is 1. The molecule has 2 nitrogen and oxygen atoms in total. The van der Waals surface area contributed by atoms with Crippen molar-refractivity contribution in [3.05, 3.63) is 69.4 Å². The van der Waals surface area contributed by atoms with Gasteiger partial charge in [0.25, 0.3) is 0 Å². The predicted molar refractivity (Wildman–Crippen MR) is 82.2 cm³/mol. The highest BCUT2D eigenvalue weighted by Gasteiger charge is 2.10. The van der Waals surface area contributed by atoms with E-state index >= 15 is 0 Å². The monoisotopic (exact) mass is 337 g/mol. The van der Waals surface area contributed by atoms with Crippen LogP contribution < -0.4 is 5.73 Å². The summed E-state index contributed by atoms with van der Waals surface area (Å²) in [7, 11) is 1.69. The smallest absolute Gasteiger partial charge is 0.137 e. The lowest BCUT2D eigenvalue weighted by atomic mass is 9.98. The summed E-state index contributed by atoms with van der Waals surface area (Å²) >= 11 is 3.18. The van der Waals surface area contributed by atoms with E-state index in [0.717, 1.165) is 17.5 Å². The van der Waals surface area contributed by atoms with Gasteiger partial charge in [-0.1, -0.05) is 30.3 Å². The number of halogens is 2. The fourth-order valence-electron chi connectivity index (χ4n) is 2.01. The maximum absolute atomic E-state index is 13.2. The number of hydrogen-bond acceptors (Lipinski definition) is 2. The van der Waals surface area contributed by atoms with Gasteiger partial charge in [0.1, 0.15) is 5.82 Å². The van der Waals surface area contributed by atoms with Gasteiger partial charge in [-0.15, -0.1) is 0 Å². The summed E-state index contributed by atoms with van der Waals surface area (Å²) in [5, 5.41) is 0. The summed E-state index contributed by atoms with van der Waals surface area (Å²) in [5.74, 6) is -0.282. The first kappa shape index (κ1) is 15.2. The molecule has 1 unspecified atom stereocenters. The Balaban J connectivity index is 2.15. The molecule has 0 heterocycles. The predicted octanol–water partition coefficient (Wildman–Crippen LogP) is 3.83. The van der Waals surface area contributed by atoms with Crippen LogP contribution in [0.25, 0.3) is 0 Å². The molecule has 0 aliphatic carbocycles. The Morgan fingerprint density at radius 1 is 1.15 bits per heavy atom. The molecule has 106 valence electrons. The molecule has 20 heavy (non-hydrogen) atoms. The summed E-state index contributed by atoms with van der Waals surface area (Å²) in [6, 6.07) is 12.7. The van der Waals surface area contributed by atoms with Crippen molar-refractivity contribution in [2.24, 2.45) is 5.73 Å². The third kappa shape index (κ3) is 3.66. The Bertz CT molecular complexity index is 571. The number of hydrogen-bond donors (Lipinski definition) is 1. The van der Waals surface area contributed by atoms with E-state index in [1.807, 2.05) is 24.3 Å². The molecule has 2 aromatic rings. The zero-order chi connectivity index (χ0) is 14.5. The van der Waals surface area contributed by atoms with Gasteiger partial charge in [0.15, 0.2) is 0 Å². The molecule has 0 aliphatic rings. The minimum Gasteiger partial charge on any atom is -0.384 e. The summed E-state index contributed by atoms with van der Waals surface area (Å²) in [4.78, 5) is 0. The molecule has 0 saturated carbocycles. The molecule has 0 amide bonds. The average molecular weight is 338 g/mol. The Morgan fingerprint density at radius 2 is 1.80 bits per heavy atom. The van der Waals surface area contributed by atoms with E-state index in [2.05, 4.69) is 15.9 Å². The van der Waals surface area contributed by atoms with Crippen molar-refractivity contribution >= 4 is 15.9 Å². The van der Waals surface area contributed by atoms with Crippen LogP contribution in [0.4, 0.5) is 4.39 Å². The van der Waals surface area contributed by atoms with Crippen LogP contribution >= 0.6 is 15.9 Å². The largest absolute Gasteiger partial charge is 0.384 e. The zero-order valence-electron chi connectivity index (χ0n) is 11.3. The Hall–Kier alpha value is -1.23. The molecule has 0 bridgehead atoms. The maximum Gasteiger partial charge on any atom is 0.137 e. The highest BCUT2D eigenvalue weighted by molar-refractivity contribution is 9.10. The molecule has 4 heteroatoms. The number of methoxy groups -OCH3 is 1. The highest BCUT2D eigenvalue weighted by atomic mass is 79.9. The van der Waals surface area contributed by atoms with Crippen molar-refractivity contribution in [3.8, 4) is 0 Å². The van der Waals surface area contributed by atoms with E-state index in [-0.39, 0.29) is 11.9 Å². The average Bonchev–Trinajstić information content (AvgIpc) is 2.48. The number of rotatable bonds is 5. The number of benzene rings is 2. The standard InChI is InChI=1S/C16H17BrFNO/c1-20-9-8-11-2-4-12(5-3-11)16(19)13-6-7-15(18)14(17)10-13/h2-7,10,16H,8-9,19H2,1H3. The van der Waals surface area contributed by atoms with Crippen molar-refractivity contribution in [1.82, 2.24) is 0 Å². The lowest BCUT2D eigenvalue weighted by molar-refractivity contribution is 0.202. The van der Waals surface area contributed by atoms with Crippen LogP contribution in [0.1, 0.15) is 22.7 Å². The lowest BCUT2D eigenvalue weighted by Gasteiger charge is -2.14. The summed E-state index contributed by atoms with van der Waals surface area (Å²) in [6.07, 6.45) is 0.883. The fraction of sp³-hybridized carbons (Fsp3) is 0.250. The summed E-state index contributed by atoms with van der Waals surface area (Å²) in [6.45, 7) is 0.705. The highest BCUT2D eigenvalue weighted by Crippen LogP contribution is 2.24. The molecule has 1 atom stereocenters. The van der Waals surface area contributed by atoms with E-state index in [0.29, 0.717) is 11.1 Å². The first-order chi connectivity index (χ1) is 9.61. The minimum atomic E-state index is -0.282. The van der Waals surface area contributed by atoms with Crippen molar-refractivity contribution in [2.75, 3.05) is 13.7 Å². The first-order valence-corrected chi connectivity index (χ1v) is 7.19. The van der Waals surface area contributed by atoms with Crippen molar-refractivity contribution in [2.45, 2.75) is 12.5 Å². The summed E-state index contributed by atoms with van der Waals surface area (Å²) in [5.41, 5.74) is 9.31. The van der Waals surface area contributed by atoms with Gasteiger partial charge in [-0.2, -0.15) is 0 Å². The molecule has 2 rings (SSSR count). The summed E-state index contributed by atoms with van der Waals surface area (Å²) < 4.78 is 18.7. The van der Waals surface area contributed by atoms with Gasteiger partial charge < -0.3 is 10.5 Å². The van der Waals surface area contributed by atoms with Gasteiger partial charge in [0, 0.05) is 7.11 Å². The van der Waals surface area contributed by atoms with E-state index in [1.165, 1.54) is 11.6 Å². The second-order valence-electron chi connectivity index (χ2n) is 4.64. The lowest BCUT2D eigenvalue weighted by Crippen LogP contribution is -2.12. The van der Waals surface area contributed by atoms with Gasteiger partial charge in [-0.25, -0.2) is 4.39 Å². The third-order valence-electron chi connectivity index (χ3n) is 3.24. The van der Waals surface area contributed by atoms with E-state index in [9.17, 15) is 4.39 Å². The van der Waals surface area contributed by atoms with Crippen LogP contribution in [0.15, 0.2) is 46.9 Å². The quantitative estimate of drug-likeness (QED) is 0.899. The molecular weight excluding hydrogens is 321 g/mol. The van der Waals surface area contributed by atoms with Crippen molar-refractivity contribution in [3.63, 3.8) is 0 Å². The normalized spacial score (nSPS) is 12.4. The van der Waals surface area contributed by atoms with Gasteiger partial charge >= 0.3 is 0 Å². The van der Waals surface area contributed by atoms with E-state index in [1.54, 1.807) is 19.2 Å². The zero-order valence-corrected chi connectivity index (χ0v) is 12.9. The molecular formula is C16H17BrFNO. The molecule has 0 aliphatic heterocycles. The minimum absolute atomic E-state index is 0.261. The van der Waals surface area contributed by atoms with Crippen molar-refractivity contribution in [1.29, 1.82) is 0 Å². The van der Waals surface area contributed by atoms with E-state index < -0.39 is 0 Å². The molecule has 2 N–H and O–H groups in total. The molecule has 0 aromatic heterocycles. The van der Waals surface area contributed by atoms with Gasteiger partial charge in [-0.05, 0) is 51.2 Å². The Kier molecular flexibility index (Phi) is 5.29. The van der Waals surface area contributed by atoms with Gasteiger partial charge in [0.2, 0.25) is 0 Å². The Morgan fingerprint density at radius 3 is 2.40 bits per heavy atom. The van der Waals surface area contributed by atoms with Crippen molar-refractivity contribution < 1.29 is 9.13 Å².